The number of ether oxygens (including phenoxy) is 3. The van der Waals surface area contributed by atoms with Crippen LogP contribution in [0, 0.1) is 0 Å². The molecule has 0 unspecified atom stereocenters. The fourth-order valence-electron chi connectivity index (χ4n) is 4.37. The van der Waals surface area contributed by atoms with Crippen LogP contribution in [0.25, 0.3) is 0 Å². The van der Waals surface area contributed by atoms with E-state index in [0.717, 1.165) is 29.7 Å². The van der Waals surface area contributed by atoms with Gasteiger partial charge in [0.05, 0.1) is 25.8 Å². The summed E-state index contributed by atoms with van der Waals surface area (Å²) in [4.78, 5) is 18.7. The summed E-state index contributed by atoms with van der Waals surface area (Å²) in [6.45, 7) is 2.50. The van der Waals surface area contributed by atoms with Crippen molar-refractivity contribution in [2.75, 3.05) is 19.7 Å². The minimum atomic E-state index is -0.405. The number of para-hydroxylation sites is 1. The summed E-state index contributed by atoms with van der Waals surface area (Å²) in [5, 5.41) is 0. The highest BCUT2D eigenvalue weighted by atomic mass is 16.5. The molecule has 2 atom stereocenters. The Kier molecular flexibility index (Phi) is 4.53. The van der Waals surface area contributed by atoms with Gasteiger partial charge in [-0.15, -0.1) is 0 Å². The summed E-state index contributed by atoms with van der Waals surface area (Å²) >= 11 is 0. The van der Waals surface area contributed by atoms with E-state index in [1.165, 1.54) is 0 Å². The van der Waals surface area contributed by atoms with Gasteiger partial charge in [-0.1, -0.05) is 18.2 Å². The SMILES string of the molecule is O=C([C@H]1Cc2ccccc2O1)N1CC2(C[C@@H](OCc3ccncc3)CCO2)C1. The summed E-state index contributed by atoms with van der Waals surface area (Å²) in [6, 6.07) is 11.8. The molecule has 1 aromatic carbocycles. The lowest BCUT2D eigenvalue weighted by Gasteiger charge is -2.53. The molecule has 3 aliphatic rings. The molecule has 5 rings (SSSR count). The third kappa shape index (κ3) is 3.38. The molecule has 6 nitrogen and oxygen atoms in total. The average Bonchev–Trinajstić information content (AvgIpc) is 3.15. The Morgan fingerprint density at radius 1 is 1.21 bits per heavy atom. The van der Waals surface area contributed by atoms with E-state index in [-0.39, 0.29) is 17.6 Å². The molecule has 0 radical (unpaired) electrons. The van der Waals surface area contributed by atoms with Crippen LogP contribution in [0.4, 0.5) is 0 Å². The molecular formula is C22H24N2O4. The van der Waals surface area contributed by atoms with Gasteiger partial charge in [-0.05, 0) is 35.7 Å². The van der Waals surface area contributed by atoms with Crippen molar-refractivity contribution in [2.24, 2.45) is 0 Å². The van der Waals surface area contributed by atoms with E-state index in [4.69, 9.17) is 14.2 Å². The fraction of sp³-hybridized carbons (Fsp3) is 0.455. The molecule has 0 aliphatic carbocycles. The molecule has 2 aromatic rings. The van der Waals surface area contributed by atoms with Gasteiger partial charge >= 0.3 is 0 Å². The maximum Gasteiger partial charge on any atom is 0.264 e. The second-order valence-electron chi connectivity index (χ2n) is 7.93. The number of amides is 1. The normalized spacial score (nSPS) is 25.1. The maximum atomic E-state index is 12.8. The Hall–Kier alpha value is -2.44. The first-order chi connectivity index (χ1) is 13.7. The zero-order chi connectivity index (χ0) is 19.0. The second kappa shape index (κ2) is 7.18. The van der Waals surface area contributed by atoms with Gasteiger partial charge in [0.25, 0.3) is 5.91 Å². The molecular weight excluding hydrogens is 356 g/mol. The van der Waals surface area contributed by atoms with Crippen molar-refractivity contribution in [3.05, 3.63) is 59.9 Å². The van der Waals surface area contributed by atoms with Crippen molar-refractivity contribution in [2.45, 2.75) is 43.7 Å². The van der Waals surface area contributed by atoms with Gasteiger partial charge in [0.2, 0.25) is 0 Å². The largest absolute Gasteiger partial charge is 0.480 e. The van der Waals surface area contributed by atoms with Gasteiger partial charge in [0, 0.05) is 31.8 Å². The molecule has 28 heavy (non-hydrogen) atoms. The number of fused-ring (bicyclic) bond motifs is 1. The predicted molar refractivity (Wildman–Crippen MR) is 102 cm³/mol. The monoisotopic (exact) mass is 380 g/mol. The number of aromatic nitrogens is 1. The minimum Gasteiger partial charge on any atom is -0.480 e. The third-order valence-electron chi connectivity index (χ3n) is 5.88. The van der Waals surface area contributed by atoms with E-state index in [0.29, 0.717) is 32.7 Å². The molecule has 1 amide bonds. The van der Waals surface area contributed by atoms with Crippen LogP contribution in [0.15, 0.2) is 48.8 Å². The summed E-state index contributed by atoms with van der Waals surface area (Å²) in [7, 11) is 0. The number of rotatable bonds is 4. The van der Waals surface area contributed by atoms with Crippen LogP contribution in [-0.2, 0) is 27.3 Å². The quantitative estimate of drug-likeness (QED) is 0.815. The molecule has 1 spiro atoms. The highest BCUT2D eigenvalue weighted by Crippen LogP contribution is 2.37. The molecule has 3 aliphatic heterocycles. The van der Waals surface area contributed by atoms with Crippen LogP contribution in [0.1, 0.15) is 24.0 Å². The highest BCUT2D eigenvalue weighted by molar-refractivity contribution is 5.83. The first kappa shape index (κ1) is 17.6. The first-order valence-corrected chi connectivity index (χ1v) is 9.89. The van der Waals surface area contributed by atoms with Gasteiger partial charge in [-0.3, -0.25) is 9.78 Å². The maximum absolute atomic E-state index is 12.8. The van der Waals surface area contributed by atoms with Crippen molar-refractivity contribution in [1.29, 1.82) is 0 Å². The zero-order valence-electron chi connectivity index (χ0n) is 15.8. The van der Waals surface area contributed by atoms with Crippen LogP contribution in [-0.4, -0.2) is 53.3 Å². The van der Waals surface area contributed by atoms with E-state index in [1.807, 2.05) is 41.3 Å². The van der Waals surface area contributed by atoms with Crippen molar-refractivity contribution in [3.63, 3.8) is 0 Å². The highest BCUT2D eigenvalue weighted by Gasteiger charge is 2.51. The number of hydrogen-bond acceptors (Lipinski definition) is 5. The van der Waals surface area contributed by atoms with Crippen LogP contribution in [0.2, 0.25) is 0 Å². The Morgan fingerprint density at radius 2 is 2.04 bits per heavy atom. The van der Waals surface area contributed by atoms with E-state index in [9.17, 15) is 4.79 Å². The molecule has 1 aromatic heterocycles. The van der Waals surface area contributed by atoms with E-state index >= 15 is 0 Å². The van der Waals surface area contributed by atoms with Crippen LogP contribution in [0.3, 0.4) is 0 Å². The summed E-state index contributed by atoms with van der Waals surface area (Å²) in [6.07, 6.45) is 5.68. The molecule has 4 heterocycles. The Labute approximate surface area is 164 Å². The fourth-order valence-corrected chi connectivity index (χ4v) is 4.37. The van der Waals surface area contributed by atoms with E-state index in [1.54, 1.807) is 12.4 Å². The molecule has 2 fully saturated rings. The average molecular weight is 380 g/mol. The molecule has 0 bridgehead atoms. The van der Waals surface area contributed by atoms with Crippen molar-refractivity contribution >= 4 is 5.91 Å². The molecule has 6 heteroatoms. The second-order valence-corrected chi connectivity index (χ2v) is 7.93. The van der Waals surface area contributed by atoms with Crippen LogP contribution in [0.5, 0.6) is 5.75 Å². The van der Waals surface area contributed by atoms with E-state index < -0.39 is 6.10 Å². The molecule has 2 saturated heterocycles. The van der Waals surface area contributed by atoms with Crippen molar-refractivity contribution in [1.82, 2.24) is 9.88 Å². The first-order valence-electron chi connectivity index (χ1n) is 9.89. The lowest BCUT2D eigenvalue weighted by atomic mass is 9.84. The topological polar surface area (TPSA) is 60.9 Å². The Morgan fingerprint density at radius 3 is 2.86 bits per heavy atom. The summed E-state index contributed by atoms with van der Waals surface area (Å²) < 4.78 is 18.0. The van der Waals surface area contributed by atoms with Crippen molar-refractivity contribution < 1.29 is 19.0 Å². The number of likely N-dealkylation sites (tertiary alicyclic amines) is 1. The van der Waals surface area contributed by atoms with Gasteiger partial charge in [0.15, 0.2) is 6.10 Å². The zero-order valence-corrected chi connectivity index (χ0v) is 15.8. The summed E-state index contributed by atoms with van der Waals surface area (Å²) in [5.41, 5.74) is 1.97. The van der Waals surface area contributed by atoms with E-state index in [2.05, 4.69) is 4.98 Å². The predicted octanol–water partition coefficient (Wildman–Crippen LogP) is 2.36. The third-order valence-corrected chi connectivity index (χ3v) is 5.88. The minimum absolute atomic E-state index is 0.0604. The number of pyridine rings is 1. The number of nitrogens with zero attached hydrogens (tertiary/aromatic N) is 2. The number of benzene rings is 1. The number of carbonyl (C=O) groups is 1. The van der Waals surface area contributed by atoms with Gasteiger partial charge in [-0.25, -0.2) is 0 Å². The van der Waals surface area contributed by atoms with Crippen LogP contribution >= 0.6 is 0 Å². The molecule has 0 N–H and O–H groups in total. The summed E-state index contributed by atoms with van der Waals surface area (Å²) in [5.74, 6) is 0.889. The number of hydrogen-bond donors (Lipinski definition) is 0. The lowest BCUT2D eigenvalue weighted by molar-refractivity contribution is -0.205. The van der Waals surface area contributed by atoms with Gasteiger partial charge in [-0.2, -0.15) is 0 Å². The smallest absolute Gasteiger partial charge is 0.264 e. The van der Waals surface area contributed by atoms with Gasteiger partial charge < -0.3 is 19.1 Å². The lowest BCUT2D eigenvalue weighted by Crippen LogP contribution is -2.68. The van der Waals surface area contributed by atoms with Gasteiger partial charge in [0.1, 0.15) is 11.4 Å². The molecule has 0 saturated carbocycles. The standard InChI is InChI=1S/C22H24N2O4/c25-21(20-11-17-3-1-2-4-19(17)28-20)24-14-22(15-24)12-18(7-10-27-22)26-13-16-5-8-23-9-6-16/h1-6,8-9,18,20H,7,10-15H2/t18-,20+/m0/s1. The van der Waals surface area contributed by atoms with Crippen molar-refractivity contribution in [3.8, 4) is 5.75 Å². The number of carbonyl (C=O) groups excluding carboxylic acids is 1. The molecule has 146 valence electrons. The Bertz CT molecular complexity index is 826. The Balaban J connectivity index is 1.14. The van der Waals surface area contributed by atoms with Crippen LogP contribution < -0.4 is 4.74 Å².